The molecule has 3 unspecified atom stereocenters. The van der Waals surface area contributed by atoms with E-state index in [-0.39, 0.29) is 11.5 Å². The second-order valence-corrected chi connectivity index (χ2v) is 6.48. The summed E-state index contributed by atoms with van der Waals surface area (Å²) in [6, 6.07) is 0. The predicted octanol–water partition coefficient (Wildman–Crippen LogP) is -0.107. The Balaban J connectivity index is 3.03. The van der Waals surface area contributed by atoms with Crippen LogP contribution >= 0.6 is 0 Å². The minimum absolute atomic E-state index is 0.231. The molecule has 0 saturated carbocycles. The number of carboxylic acid groups (broad SMARTS) is 1. The number of aliphatic hydroxyl groups excluding tert-OH is 1. The fourth-order valence-corrected chi connectivity index (χ4v) is 4.04. The third-order valence-electron chi connectivity index (χ3n) is 3.36. The summed E-state index contributed by atoms with van der Waals surface area (Å²) in [6.45, 7) is 3.18. The highest BCUT2D eigenvalue weighted by molar-refractivity contribution is 7.91. The molecule has 1 fully saturated rings. The Morgan fingerprint density at radius 1 is 1.47 bits per heavy atom. The van der Waals surface area contributed by atoms with Crippen LogP contribution in [0.4, 0.5) is 0 Å². The quantitative estimate of drug-likeness (QED) is 0.713. The molecule has 1 aliphatic heterocycles. The van der Waals surface area contributed by atoms with E-state index < -0.39 is 33.2 Å². The van der Waals surface area contributed by atoms with Gasteiger partial charge in [-0.05, 0) is 13.3 Å². The standard InChI is InChI=1S/C9H16O5S/c1-3-9(2,8(11)12)6-4-15(13,14)5-7(6)10/h6-7,10H,3-5H2,1-2H3,(H,11,12). The minimum atomic E-state index is -3.28. The summed E-state index contributed by atoms with van der Waals surface area (Å²) >= 11 is 0. The molecule has 0 aromatic carbocycles. The van der Waals surface area contributed by atoms with E-state index in [1.165, 1.54) is 6.92 Å². The first kappa shape index (κ1) is 12.4. The highest BCUT2D eigenvalue weighted by Crippen LogP contribution is 2.38. The van der Waals surface area contributed by atoms with Crippen LogP contribution in [-0.4, -0.2) is 42.2 Å². The lowest BCUT2D eigenvalue weighted by atomic mass is 9.73. The highest BCUT2D eigenvalue weighted by atomic mass is 32.2. The number of hydrogen-bond donors (Lipinski definition) is 2. The molecular weight excluding hydrogens is 220 g/mol. The van der Waals surface area contributed by atoms with Crippen molar-refractivity contribution in [3.8, 4) is 0 Å². The summed E-state index contributed by atoms with van der Waals surface area (Å²) in [6.07, 6.45) is -0.754. The second kappa shape index (κ2) is 3.75. The van der Waals surface area contributed by atoms with Crippen LogP contribution in [0.5, 0.6) is 0 Å². The minimum Gasteiger partial charge on any atom is -0.481 e. The maximum atomic E-state index is 11.3. The number of rotatable bonds is 3. The smallest absolute Gasteiger partial charge is 0.309 e. The summed E-state index contributed by atoms with van der Waals surface area (Å²) in [5.74, 6) is -2.30. The summed E-state index contributed by atoms with van der Waals surface area (Å²) in [4.78, 5) is 11.1. The maximum absolute atomic E-state index is 11.3. The van der Waals surface area contributed by atoms with Crippen LogP contribution in [0.15, 0.2) is 0 Å². The first-order valence-electron chi connectivity index (χ1n) is 4.85. The van der Waals surface area contributed by atoms with Gasteiger partial charge in [0.05, 0.1) is 23.0 Å². The third kappa shape index (κ3) is 2.15. The Bertz CT molecular complexity index is 361. The van der Waals surface area contributed by atoms with Crippen LogP contribution in [0.2, 0.25) is 0 Å². The van der Waals surface area contributed by atoms with E-state index in [1.807, 2.05) is 0 Å². The van der Waals surface area contributed by atoms with E-state index >= 15 is 0 Å². The predicted molar refractivity (Wildman–Crippen MR) is 54.2 cm³/mol. The van der Waals surface area contributed by atoms with Gasteiger partial charge >= 0.3 is 5.97 Å². The molecule has 0 amide bonds. The average molecular weight is 236 g/mol. The average Bonchev–Trinajstić information content (AvgIpc) is 2.38. The molecule has 0 aromatic rings. The van der Waals surface area contributed by atoms with Crippen molar-refractivity contribution in [3.05, 3.63) is 0 Å². The molecule has 0 radical (unpaired) electrons. The molecular formula is C9H16O5S. The molecule has 1 heterocycles. The SMILES string of the molecule is CCC(C)(C(=O)O)C1CS(=O)(=O)CC1O. The number of carboxylic acids is 1. The zero-order valence-electron chi connectivity index (χ0n) is 8.80. The fraction of sp³-hybridized carbons (Fsp3) is 0.889. The van der Waals surface area contributed by atoms with E-state index in [0.717, 1.165) is 0 Å². The molecule has 1 saturated heterocycles. The van der Waals surface area contributed by atoms with Gasteiger partial charge in [0.15, 0.2) is 9.84 Å². The lowest BCUT2D eigenvalue weighted by Crippen LogP contribution is -2.41. The van der Waals surface area contributed by atoms with E-state index in [2.05, 4.69) is 0 Å². The summed E-state index contributed by atoms with van der Waals surface area (Å²) in [5.41, 5.74) is -1.16. The molecule has 0 aliphatic carbocycles. The first-order chi connectivity index (χ1) is 6.73. The van der Waals surface area contributed by atoms with Crippen molar-refractivity contribution in [1.82, 2.24) is 0 Å². The Hall–Kier alpha value is -0.620. The van der Waals surface area contributed by atoms with Gasteiger partial charge in [-0.15, -0.1) is 0 Å². The van der Waals surface area contributed by atoms with E-state index in [9.17, 15) is 18.3 Å². The van der Waals surface area contributed by atoms with Crippen LogP contribution in [-0.2, 0) is 14.6 Å². The molecule has 2 N–H and O–H groups in total. The van der Waals surface area contributed by atoms with Gasteiger partial charge in [0.2, 0.25) is 0 Å². The van der Waals surface area contributed by atoms with Crippen molar-refractivity contribution in [2.75, 3.05) is 11.5 Å². The molecule has 5 nitrogen and oxygen atoms in total. The number of aliphatic carboxylic acids is 1. The van der Waals surface area contributed by atoms with Gasteiger partial charge in [0.25, 0.3) is 0 Å². The lowest BCUT2D eigenvalue weighted by Gasteiger charge is -2.31. The van der Waals surface area contributed by atoms with Gasteiger partial charge < -0.3 is 10.2 Å². The highest BCUT2D eigenvalue weighted by Gasteiger charge is 2.50. The Kier molecular flexibility index (Phi) is 3.11. The maximum Gasteiger partial charge on any atom is 0.309 e. The van der Waals surface area contributed by atoms with Gasteiger partial charge in [-0.3, -0.25) is 4.79 Å². The summed E-state index contributed by atoms with van der Waals surface area (Å²) in [7, 11) is -3.28. The van der Waals surface area contributed by atoms with Gasteiger partial charge in [-0.1, -0.05) is 6.92 Å². The molecule has 1 rings (SSSR count). The monoisotopic (exact) mass is 236 g/mol. The number of aliphatic hydroxyl groups is 1. The number of carbonyl (C=O) groups is 1. The van der Waals surface area contributed by atoms with Crippen molar-refractivity contribution >= 4 is 15.8 Å². The largest absolute Gasteiger partial charge is 0.481 e. The molecule has 15 heavy (non-hydrogen) atoms. The first-order valence-corrected chi connectivity index (χ1v) is 6.67. The van der Waals surface area contributed by atoms with Crippen LogP contribution in [0, 0.1) is 11.3 Å². The Labute approximate surface area is 89.0 Å². The van der Waals surface area contributed by atoms with E-state index in [1.54, 1.807) is 6.92 Å². The second-order valence-electron chi connectivity index (χ2n) is 4.33. The van der Waals surface area contributed by atoms with Crippen molar-refractivity contribution in [3.63, 3.8) is 0 Å². The molecule has 1 aliphatic rings. The topological polar surface area (TPSA) is 91.7 Å². The van der Waals surface area contributed by atoms with Gasteiger partial charge in [0.1, 0.15) is 0 Å². The van der Waals surface area contributed by atoms with Crippen molar-refractivity contribution in [2.45, 2.75) is 26.4 Å². The molecule has 6 heteroatoms. The molecule has 3 atom stereocenters. The Morgan fingerprint density at radius 2 is 2.00 bits per heavy atom. The van der Waals surface area contributed by atoms with Crippen LogP contribution < -0.4 is 0 Å². The zero-order chi connectivity index (χ0) is 11.9. The van der Waals surface area contributed by atoms with Crippen molar-refractivity contribution < 1.29 is 23.4 Å². The Morgan fingerprint density at radius 3 is 2.27 bits per heavy atom. The number of hydrogen-bond acceptors (Lipinski definition) is 4. The van der Waals surface area contributed by atoms with Gasteiger partial charge in [-0.25, -0.2) is 8.42 Å². The van der Waals surface area contributed by atoms with Crippen LogP contribution in [0.25, 0.3) is 0 Å². The summed E-state index contributed by atoms with van der Waals surface area (Å²) in [5, 5.41) is 18.7. The normalized spacial score (nSPS) is 33.5. The van der Waals surface area contributed by atoms with Gasteiger partial charge in [0, 0.05) is 5.92 Å². The van der Waals surface area contributed by atoms with E-state index in [4.69, 9.17) is 5.11 Å². The lowest BCUT2D eigenvalue weighted by molar-refractivity contribution is -0.153. The molecule has 88 valence electrons. The third-order valence-corrected chi connectivity index (χ3v) is 5.08. The van der Waals surface area contributed by atoms with Crippen LogP contribution in [0.1, 0.15) is 20.3 Å². The molecule has 0 spiro atoms. The van der Waals surface area contributed by atoms with Crippen LogP contribution in [0.3, 0.4) is 0 Å². The van der Waals surface area contributed by atoms with Crippen molar-refractivity contribution in [1.29, 1.82) is 0 Å². The number of sulfone groups is 1. The summed E-state index contributed by atoms with van der Waals surface area (Å²) < 4.78 is 22.6. The zero-order valence-corrected chi connectivity index (χ0v) is 9.62. The fourth-order valence-electron chi connectivity index (χ4n) is 2.01. The van der Waals surface area contributed by atoms with E-state index in [0.29, 0.717) is 6.42 Å². The van der Waals surface area contributed by atoms with Crippen molar-refractivity contribution in [2.24, 2.45) is 11.3 Å². The van der Waals surface area contributed by atoms with Gasteiger partial charge in [-0.2, -0.15) is 0 Å². The molecule has 0 bridgehead atoms. The molecule has 0 aromatic heterocycles.